The molecule has 14 nitrogen and oxygen atoms in total. The first-order chi connectivity index (χ1) is 18.7. The van der Waals surface area contributed by atoms with Crippen LogP contribution >= 0.6 is 0 Å². The maximum absolute atomic E-state index is 10.2. The van der Waals surface area contributed by atoms with Gasteiger partial charge < -0.3 is 69.6 Å². The topological polar surface area (TPSA) is 281 Å². The van der Waals surface area contributed by atoms with E-state index < -0.39 is 35.8 Å². The molecule has 0 saturated heterocycles. The Kier molecular flexibility index (Phi) is 22.2. The average Bonchev–Trinajstić information content (AvgIpc) is 2.93. The van der Waals surface area contributed by atoms with Gasteiger partial charge in [0.1, 0.15) is 0 Å². The van der Waals surface area contributed by atoms with Gasteiger partial charge in [0, 0.05) is 0 Å². The zero-order chi connectivity index (χ0) is 30.8. The van der Waals surface area contributed by atoms with Crippen LogP contribution in [0.5, 0.6) is 0 Å². The van der Waals surface area contributed by atoms with Crippen molar-refractivity contribution in [1.82, 2.24) is 0 Å². The van der Waals surface area contributed by atoms with Gasteiger partial charge in [-0.25, -0.2) is 0 Å². The molecule has 2 N–H and O–H groups in total. The molecular formula is C26H18Al2O14. The second kappa shape index (κ2) is 22.2. The number of aromatic carboxylic acids is 6. The van der Waals surface area contributed by atoms with Gasteiger partial charge in [0.25, 0.3) is 0 Å². The van der Waals surface area contributed by atoms with Crippen molar-refractivity contribution < 1.29 is 69.6 Å². The fourth-order valence-electron chi connectivity index (χ4n) is 2.23. The SMILES string of the molecule is O=C([O-])c1ccc(C(=O)[O-])cc1.O=C([O-])c1ccc(C(=O)[O-])cc1.O=C([O-])c1ccc(C(=O)[O-])cc1.OCCO.[Al+3].[Al+3]. The predicted octanol–water partition coefficient (Wildman–Crippen LogP) is -6.55. The minimum absolute atomic E-state index is 0. The summed E-state index contributed by atoms with van der Waals surface area (Å²) in [6, 6.07) is 13.8. The van der Waals surface area contributed by atoms with E-state index in [-0.39, 0.29) is 81.3 Å². The molecule has 0 spiro atoms. The Morgan fingerprint density at radius 3 is 0.500 bits per heavy atom. The van der Waals surface area contributed by atoms with Crippen LogP contribution in [0, 0.1) is 0 Å². The number of benzene rings is 3. The summed E-state index contributed by atoms with van der Waals surface area (Å²) in [4.78, 5) is 61.2. The molecule has 0 aliphatic rings. The summed E-state index contributed by atoms with van der Waals surface area (Å²) < 4.78 is 0. The van der Waals surface area contributed by atoms with Crippen LogP contribution in [0.25, 0.3) is 0 Å². The van der Waals surface area contributed by atoms with Crippen LogP contribution in [0.2, 0.25) is 0 Å². The predicted molar refractivity (Wildman–Crippen MR) is 131 cm³/mol. The van der Waals surface area contributed by atoms with Gasteiger partial charge in [-0.1, -0.05) is 72.8 Å². The van der Waals surface area contributed by atoms with Crippen LogP contribution in [0.15, 0.2) is 72.8 Å². The number of aliphatic hydroxyl groups is 2. The molecule has 3 rings (SSSR count). The second-order valence-electron chi connectivity index (χ2n) is 6.90. The fraction of sp³-hybridized carbons (Fsp3) is 0.0769. The molecule has 0 heterocycles. The van der Waals surface area contributed by atoms with Gasteiger partial charge in [-0.05, 0) is 33.4 Å². The van der Waals surface area contributed by atoms with Crippen molar-refractivity contribution >= 4 is 70.5 Å². The molecule has 0 aliphatic carbocycles. The third-order valence-corrected chi connectivity index (χ3v) is 4.17. The van der Waals surface area contributed by atoms with Crippen LogP contribution in [0.3, 0.4) is 0 Å². The molecule has 0 aliphatic heterocycles. The van der Waals surface area contributed by atoms with Gasteiger partial charge in [-0.3, -0.25) is 0 Å². The van der Waals surface area contributed by atoms with Crippen LogP contribution in [-0.2, 0) is 0 Å². The normalized spacial score (nSPS) is 8.71. The van der Waals surface area contributed by atoms with Crippen LogP contribution in [0.4, 0.5) is 0 Å². The Balaban J connectivity index is -0.000000499. The minimum Gasteiger partial charge on any atom is -0.545 e. The van der Waals surface area contributed by atoms with Gasteiger partial charge in [-0.2, -0.15) is 0 Å². The maximum atomic E-state index is 10.2. The maximum Gasteiger partial charge on any atom is 3.00 e. The number of rotatable bonds is 7. The van der Waals surface area contributed by atoms with Gasteiger partial charge in [-0.15, -0.1) is 0 Å². The summed E-state index contributed by atoms with van der Waals surface area (Å²) in [5.74, 6) is -8.00. The number of carbonyl (C=O) groups is 6. The second-order valence-corrected chi connectivity index (χ2v) is 6.90. The zero-order valence-corrected chi connectivity index (χ0v) is 23.6. The number of carbonyl (C=O) groups excluding carboxylic acids is 6. The Labute approximate surface area is 259 Å². The summed E-state index contributed by atoms with van der Waals surface area (Å²) in [5, 5.41) is 76.5. The Morgan fingerprint density at radius 2 is 0.452 bits per heavy atom. The summed E-state index contributed by atoms with van der Waals surface area (Å²) >= 11 is 0. The Hall–Kier alpha value is -4.54. The van der Waals surface area contributed by atoms with Crippen molar-refractivity contribution in [2.24, 2.45) is 0 Å². The third-order valence-electron chi connectivity index (χ3n) is 4.17. The summed E-state index contributed by atoms with van der Waals surface area (Å²) in [6.07, 6.45) is 0. The Bertz CT molecular complexity index is 1040. The monoisotopic (exact) mass is 608 g/mol. The van der Waals surface area contributed by atoms with Gasteiger partial charge in [0.2, 0.25) is 0 Å². The van der Waals surface area contributed by atoms with Crippen molar-refractivity contribution in [3.63, 3.8) is 0 Å². The van der Waals surface area contributed by atoms with Crippen molar-refractivity contribution in [2.75, 3.05) is 13.2 Å². The molecule has 0 fully saturated rings. The van der Waals surface area contributed by atoms with E-state index in [9.17, 15) is 59.4 Å². The molecule has 0 unspecified atom stereocenters. The third kappa shape index (κ3) is 16.5. The van der Waals surface area contributed by atoms with E-state index in [1.165, 1.54) is 0 Å². The molecular weight excluding hydrogens is 590 g/mol. The molecule has 3 aromatic rings. The van der Waals surface area contributed by atoms with E-state index in [0.29, 0.717) is 0 Å². The molecule has 0 bridgehead atoms. The fourth-order valence-corrected chi connectivity index (χ4v) is 2.23. The molecule has 0 amide bonds. The van der Waals surface area contributed by atoms with E-state index in [2.05, 4.69) is 0 Å². The smallest absolute Gasteiger partial charge is 0.545 e. The number of hydrogen-bond donors (Lipinski definition) is 2. The first-order valence-electron chi connectivity index (χ1n) is 10.5. The largest absolute Gasteiger partial charge is 3.00 e. The zero-order valence-electron chi connectivity index (χ0n) is 21.3. The quantitative estimate of drug-likeness (QED) is 0.236. The summed E-state index contributed by atoms with van der Waals surface area (Å²) in [6.45, 7) is -0.250. The molecule has 3 aromatic carbocycles. The minimum atomic E-state index is -1.33. The average molecular weight is 608 g/mol. The van der Waals surface area contributed by atoms with Gasteiger partial charge in [0.05, 0.1) is 49.0 Å². The first-order valence-corrected chi connectivity index (χ1v) is 10.5. The van der Waals surface area contributed by atoms with Crippen molar-refractivity contribution in [3.05, 3.63) is 106 Å². The van der Waals surface area contributed by atoms with Crippen LogP contribution in [-0.4, -0.2) is 94.0 Å². The van der Waals surface area contributed by atoms with E-state index in [1.54, 1.807) is 0 Å². The molecule has 0 radical (unpaired) electrons. The molecule has 0 atom stereocenters. The van der Waals surface area contributed by atoms with E-state index in [1.807, 2.05) is 0 Å². The van der Waals surface area contributed by atoms with Gasteiger partial charge >= 0.3 is 34.7 Å². The van der Waals surface area contributed by atoms with Crippen LogP contribution < -0.4 is 30.6 Å². The van der Waals surface area contributed by atoms with Crippen LogP contribution in [0.1, 0.15) is 62.1 Å². The molecule has 42 heavy (non-hydrogen) atoms. The van der Waals surface area contributed by atoms with Crippen molar-refractivity contribution in [2.45, 2.75) is 0 Å². The van der Waals surface area contributed by atoms with E-state index in [0.717, 1.165) is 72.8 Å². The Morgan fingerprint density at radius 1 is 0.357 bits per heavy atom. The van der Waals surface area contributed by atoms with Gasteiger partial charge in [0.15, 0.2) is 0 Å². The molecule has 0 aromatic heterocycles. The summed E-state index contributed by atoms with van der Waals surface area (Å²) in [7, 11) is 0. The summed E-state index contributed by atoms with van der Waals surface area (Å²) in [5.41, 5.74) is -0.333. The number of carboxylic acids is 6. The standard InChI is InChI=1S/3C8H6O4.C2H6O2.2Al/c3*9-7(10)5-1-2-6(4-3-5)8(11)12;3-1-2-4;;/h3*1-4H,(H,9,10)(H,11,12);3-4H,1-2H2;;/q;;;;2*+3/p-6. The van der Waals surface area contributed by atoms with E-state index >= 15 is 0 Å². The first kappa shape index (κ1) is 41.9. The van der Waals surface area contributed by atoms with Crippen molar-refractivity contribution in [1.29, 1.82) is 0 Å². The number of carboxylic acid groups (broad SMARTS) is 6. The number of hydrogen-bond acceptors (Lipinski definition) is 14. The van der Waals surface area contributed by atoms with Crippen molar-refractivity contribution in [3.8, 4) is 0 Å². The van der Waals surface area contributed by atoms with E-state index in [4.69, 9.17) is 10.2 Å². The molecule has 16 heteroatoms. The molecule has 0 saturated carbocycles. The molecule has 212 valence electrons. The number of aliphatic hydroxyl groups excluding tert-OH is 2.